The topological polar surface area (TPSA) is 55.8 Å². The first-order valence-electron chi connectivity index (χ1n) is 7.67. The van der Waals surface area contributed by atoms with Gasteiger partial charge in [-0.15, -0.1) is 0 Å². The van der Waals surface area contributed by atoms with Gasteiger partial charge in [0.25, 0.3) is 0 Å². The van der Waals surface area contributed by atoms with Gasteiger partial charge in [-0.3, -0.25) is 9.69 Å². The molecule has 2 atom stereocenters. The fraction of sp³-hybridized carbons (Fsp3) is 0.529. The van der Waals surface area contributed by atoms with E-state index in [-0.39, 0.29) is 17.9 Å². The Morgan fingerprint density at radius 3 is 2.39 bits per heavy atom. The first-order valence-corrected chi connectivity index (χ1v) is 8.46. The molecule has 2 rings (SSSR count). The number of nitrogens with zero attached hydrogens (tertiary/aromatic N) is 1. The zero-order chi connectivity index (χ0) is 17.2. The van der Waals surface area contributed by atoms with E-state index in [0.717, 1.165) is 4.47 Å². The summed E-state index contributed by atoms with van der Waals surface area (Å²) < 4.78 is 11.5. The molecular weight excluding hydrogens is 362 g/mol. The average molecular weight is 384 g/mol. The van der Waals surface area contributed by atoms with Crippen molar-refractivity contribution in [1.29, 1.82) is 0 Å². The van der Waals surface area contributed by atoms with Gasteiger partial charge in [0, 0.05) is 10.2 Å². The maximum atomic E-state index is 12.6. The molecule has 126 valence electrons. The van der Waals surface area contributed by atoms with Gasteiger partial charge in [-0.25, -0.2) is 4.79 Å². The fourth-order valence-corrected chi connectivity index (χ4v) is 2.58. The van der Waals surface area contributed by atoms with Crippen LogP contribution in [0.2, 0.25) is 0 Å². The molecule has 5 nitrogen and oxygen atoms in total. The van der Waals surface area contributed by atoms with E-state index in [4.69, 9.17) is 9.47 Å². The third-order valence-corrected chi connectivity index (χ3v) is 3.90. The molecule has 23 heavy (non-hydrogen) atoms. The number of benzene rings is 1. The van der Waals surface area contributed by atoms with Gasteiger partial charge in [0.15, 0.2) is 0 Å². The SMILES string of the molecule is CCOC(=O)C1CC1N(C(=O)OC(C)(C)C)c1ccc(Br)cc1. The number of ether oxygens (including phenoxy) is 2. The molecule has 1 amide bonds. The van der Waals surface area contributed by atoms with Crippen molar-refractivity contribution < 1.29 is 19.1 Å². The molecule has 0 spiro atoms. The molecule has 0 bridgehead atoms. The van der Waals surface area contributed by atoms with E-state index in [9.17, 15) is 9.59 Å². The second-order valence-corrected chi connectivity index (χ2v) is 7.40. The number of esters is 1. The predicted octanol–water partition coefficient (Wildman–Crippen LogP) is 4.14. The van der Waals surface area contributed by atoms with Gasteiger partial charge in [-0.05, 0) is 58.4 Å². The summed E-state index contributed by atoms with van der Waals surface area (Å²) in [6.07, 6.45) is 0.144. The molecule has 0 aliphatic heterocycles. The Balaban J connectivity index is 2.21. The highest BCUT2D eigenvalue weighted by Crippen LogP contribution is 2.40. The lowest BCUT2D eigenvalue weighted by Gasteiger charge is -2.27. The van der Waals surface area contributed by atoms with Crippen molar-refractivity contribution in [1.82, 2.24) is 0 Å². The molecule has 0 saturated heterocycles. The van der Waals surface area contributed by atoms with Crippen LogP contribution in [0.15, 0.2) is 28.7 Å². The lowest BCUT2D eigenvalue weighted by Crippen LogP contribution is -2.39. The van der Waals surface area contributed by atoms with Crippen LogP contribution in [0.1, 0.15) is 34.1 Å². The van der Waals surface area contributed by atoms with Crippen LogP contribution in [0.5, 0.6) is 0 Å². The Labute approximate surface area is 145 Å². The summed E-state index contributed by atoms with van der Waals surface area (Å²) in [6.45, 7) is 7.57. The minimum absolute atomic E-state index is 0.218. The van der Waals surface area contributed by atoms with E-state index in [1.54, 1.807) is 11.8 Å². The molecule has 1 aromatic rings. The number of anilines is 1. The van der Waals surface area contributed by atoms with Gasteiger partial charge >= 0.3 is 12.1 Å². The molecular formula is C17H22BrNO4. The maximum absolute atomic E-state index is 12.6. The van der Waals surface area contributed by atoms with Crippen LogP contribution in [0.3, 0.4) is 0 Å². The van der Waals surface area contributed by atoms with Crippen molar-refractivity contribution in [2.75, 3.05) is 11.5 Å². The smallest absolute Gasteiger partial charge is 0.415 e. The summed E-state index contributed by atoms with van der Waals surface area (Å²) in [6, 6.07) is 7.15. The van der Waals surface area contributed by atoms with E-state index >= 15 is 0 Å². The number of carbonyl (C=O) groups is 2. The lowest BCUT2D eigenvalue weighted by atomic mass is 10.2. The second-order valence-electron chi connectivity index (χ2n) is 6.49. The van der Waals surface area contributed by atoms with Crippen molar-refractivity contribution in [2.45, 2.75) is 45.8 Å². The Bertz CT molecular complexity index is 579. The highest BCUT2D eigenvalue weighted by Gasteiger charge is 2.51. The Kier molecular flexibility index (Phi) is 5.34. The normalized spacial score (nSPS) is 19.9. The first-order chi connectivity index (χ1) is 10.7. The second kappa shape index (κ2) is 6.91. The fourth-order valence-electron chi connectivity index (χ4n) is 2.31. The number of carbonyl (C=O) groups excluding carboxylic acids is 2. The summed E-state index contributed by atoms with van der Waals surface area (Å²) in [4.78, 5) is 26.1. The lowest BCUT2D eigenvalue weighted by molar-refractivity contribution is -0.144. The zero-order valence-electron chi connectivity index (χ0n) is 13.8. The number of halogens is 1. The van der Waals surface area contributed by atoms with Gasteiger partial charge in [-0.1, -0.05) is 15.9 Å². The standard InChI is InChI=1S/C17H22BrNO4/c1-5-22-15(20)13-10-14(13)19(16(21)23-17(2,3)4)12-8-6-11(18)7-9-12/h6-9,13-14H,5,10H2,1-4H3. The minimum Gasteiger partial charge on any atom is -0.466 e. The predicted molar refractivity (Wildman–Crippen MR) is 91.4 cm³/mol. The quantitative estimate of drug-likeness (QED) is 0.733. The average Bonchev–Trinajstić information content (AvgIpc) is 3.20. The van der Waals surface area contributed by atoms with E-state index in [1.807, 2.05) is 45.0 Å². The molecule has 1 fully saturated rings. The van der Waals surface area contributed by atoms with Crippen molar-refractivity contribution in [2.24, 2.45) is 5.92 Å². The molecule has 2 unspecified atom stereocenters. The molecule has 0 aromatic heterocycles. The van der Waals surface area contributed by atoms with Crippen LogP contribution < -0.4 is 4.90 Å². The summed E-state index contributed by atoms with van der Waals surface area (Å²) in [5.41, 5.74) is 0.109. The van der Waals surface area contributed by atoms with Crippen LogP contribution in [-0.4, -0.2) is 30.3 Å². The summed E-state index contributed by atoms with van der Waals surface area (Å²) in [5, 5.41) is 0. The van der Waals surface area contributed by atoms with Crippen molar-refractivity contribution in [3.8, 4) is 0 Å². The summed E-state index contributed by atoms with van der Waals surface area (Å²) >= 11 is 3.38. The van der Waals surface area contributed by atoms with Crippen LogP contribution in [0.25, 0.3) is 0 Å². The van der Waals surface area contributed by atoms with Crippen molar-refractivity contribution >= 4 is 33.7 Å². The molecule has 1 aliphatic rings. The number of amides is 1. The highest BCUT2D eigenvalue weighted by atomic mass is 79.9. The van der Waals surface area contributed by atoms with Gasteiger partial charge in [0.2, 0.25) is 0 Å². The summed E-state index contributed by atoms with van der Waals surface area (Å²) in [7, 11) is 0. The molecule has 0 radical (unpaired) electrons. The largest absolute Gasteiger partial charge is 0.466 e. The van der Waals surface area contributed by atoms with E-state index in [0.29, 0.717) is 18.7 Å². The molecule has 0 N–H and O–H groups in total. The van der Waals surface area contributed by atoms with Crippen LogP contribution in [0, 0.1) is 5.92 Å². The Morgan fingerprint density at radius 1 is 1.26 bits per heavy atom. The van der Waals surface area contributed by atoms with Gasteiger partial charge in [-0.2, -0.15) is 0 Å². The Morgan fingerprint density at radius 2 is 1.87 bits per heavy atom. The maximum Gasteiger partial charge on any atom is 0.415 e. The molecule has 1 saturated carbocycles. The molecule has 6 heteroatoms. The third kappa shape index (κ3) is 4.70. The van der Waals surface area contributed by atoms with E-state index in [2.05, 4.69) is 15.9 Å². The zero-order valence-corrected chi connectivity index (χ0v) is 15.4. The molecule has 1 aromatic carbocycles. The van der Waals surface area contributed by atoms with Crippen molar-refractivity contribution in [3.63, 3.8) is 0 Å². The third-order valence-electron chi connectivity index (χ3n) is 3.37. The molecule has 0 heterocycles. The number of hydrogen-bond acceptors (Lipinski definition) is 4. The van der Waals surface area contributed by atoms with E-state index < -0.39 is 11.7 Å². The van der Waals surface area contributed by atoms with E-state index in [1.165, 1.54) is 0 Å². The minimum atomic E-state index is -0.598. The highest BCUT2D eigenvalue weighted by molar-refractivity contribution is 9.10. The first kappa shape index (κ1) is 17.8. The monoisotopic (exact) mass is 383 g/mol. The van der Waals surface area contributed by atoms with Crippen LogP contribution in [0.4, 0.5) is 10.5 Å². The van der Waals surface area contributed by atoms with Gasteiger partial charge < -0.3 is 9.47 Å². The number of hydrogen-bond donors (Lipinski definition) is 0. The van der Waals surface area contributed by atoms with Gasteiger partial charge in [0.1, 0.15) is 5.60 Å². The Hall–Kier alpha value is -1.56. The van der Waals surface area contributed by atoms with Crippen LogP contribution >= 0.6 is 15.9 Å². The van der Waals surface area contributed by atoms with Crippen molar-refractivity contribution in [3.05, 3.63) is 28.7 Å². The van der Waals surface area contributed by atoms with Crippen LogP contribution in [-0.2, 0) is 14.3 Å². The number of rotatable bonds is 4. The molecule has 1 aliphatic carbocycles. The van der Waals surface area contributed by atoms with Gasteiger partial charge in [0.05, 0.1) is 18.6 Å². The summed E-state index contributed by atoms with van der Waals surface area (Å²) in [5.74, 6) is -0.547.